The number of amides is 1. The number of hydrogen-bond donors (Lipinski definition) is 1. The average Bonchev–Trinajstić information content (AvgIpc) is 2.41. The van der Waals surface area contributed by atoms with Gasteiger partial charge < -0.3 is 10.1 Å². The van der Waals surface area contributed by atoms with E-state index in [1.165, 1.54) is 7.11 Å². The van der Waals surface area contributed by atoms with E-state index in [2.05, 4.69) is 10.3 Å². The highest BCUT2D eigenvalue weighted by molar-refractivity contribution is 6.03. The van der Waals surface area contributed by atoms with Crippen molar-refractivity contribution in [2.75, 3.05) is 12.4 Å². The van der Waals surface area contributed by atoms with Crippen molar-refractivity contribution < 1.29 is 9.53 Å². The lowest BCUT2D eigenvalue weighted by atomic mass is 9.99. The number of ether oxygens (including phenoxy) is 1. The molecule has 1 aromatic rings. The van der Waals surface area contributed by atoms with E-state index >= 15 is 0 Å². The number of pyridine rings is 1. The normalized spacial score (nSPS) is 25.5. The molecular formula is C9H10N2O2. The van der Waals surface area contributed by atoms with Crippen LogP contribution in [-0.4, -0.2) is 18.0 Å². The van der Waals surface area contributed by atoms with Crippen molar-refractivity contribution in [1.82, 2.24) is 4.98 Å². The fraction of sp³-hybridized carbons (Fsp3) is 0.333. The maximum absolute atomic E-state index is 11.5. The number of anilines is 1. The third-order valence-corrected chi connectivity index (χ3v) is 2.40. The minimum absolute atomic E-state index is 0.163. The van der Waals surface area contributed by atoms with Crippen molar-refractivity contribution in [2.24, 2.45) is 0 Å². The van der Waals surface area contributed by atoms with Crippen LogP contribution in [0, 0.1) is 0 Å². The van der Waals surface area contributed by atoms with E-state index in [-0.39, 0.29) is 5.91 Å². The van der Waals surface area contributed by atoms with Crippen molar-refractivity contribution >= 4 is 11.7 Å². The predicted molar refractivity (Wildman–Crippen MR) is 47.2 cm³/mol. The molecule has 13 heavy (non-hydrogen) atoms. The largest absolute Gasteiger partial charge is 0.364 e. The van der Waals surface area contributed by atoms with Crippen LogP contribution < -0.4 is 5.32 Å². The zero-order chi connectivity index (χ0) is 9.47. The number of carbonyl (C=O) groups excluding carboxylic acids is 1. The first-order chi connectivity index (χ1) is 6.18. The molecule has 0 bridgehead atoms. The summed E-state index contributed by atoms with van der Waals surface area (Å²) in [6.07, 6.45) is 1.64. The smallest absolute Gasteiger partial charge is 0.262 e. The Morgan fingerprint density at radius 3 is 3.08 bits per heavy atom. The number of nitrogens with one attached hydrogen (secondary N) is 1. The Balaban J connectivity index is 2.59. The van der Waals surface area contributed by atoms with Crippen LogP contribution in [0.3, 0.4) is 0 Å². The summed E-state index contributed by atoms with van der Waals surface area (Å²) < 4.78 is 5.19. The zero-order valence-electron chi connectivity index (χ0n) is 7.50. The number of rotatable bonds is 1. The standard InChI is InChI=1S/C9H10N2O2/c1-9(13-2)6-4-3-5-10-7(6)11-8(9)12/h3-5H,1-2H3,(H,10,11,12). The summed E-state index contributed by atoms with van der Waals surface area (Å²) in [6, 6.07) is 3.63. The summed E-state index contributed by atoms with van der Waals surface area (Å²) in [5.74, 6) is 0.431. The molecule has 0 saturated heterocycles. The molecule has 1 amide bonds. The van der Waals surface area contributed by atoms with Crippen LogP contribution in [0.2, 0.25) is 0 Å². The molecule has 4 nitrogen and oxygen atoms in total. The zero-order valence-corrected chi connectivity index (χ0v) is 7.50. The topological polar surface area (TPSA) is 51.2 Å². The third-order valence-electron chi connectivity index (χ3n) is 2.40. The van der Waals surface area contributed by atoms with Crippen LogP contribution in [-0.2, 0) is 15.1 Å². The molecule has 1 aromatic heterocycles. The first-order valence-electron chi connectivity index (χ1n) is 4.00. The van der Waals surface area contributed by atoms with Gasteiger partial charge in [0, 0.05) is 18.9 Å². The fourth-order valence-electron chi connectivity index (χ4n) is 1.44. The molecule has 0 spiro atoms. The summed E-state index contributed by atoms with van der Waals surface area (Å²) in [6.45, 7) is 1.73. The molecule has 0 aromatic carbocycles. The van der Waals surface area contributed by atoms with Crippen LogP contribution in [0.4, 0.5) is 5.82 Å². The number of methoxy groups -OCH3 is 1. The van der Waals surface area contributed by atoms with Crippen molar-refractivity contribution in [3.63, 3.8) is 0 Å². The molecule has 1 atom stereocenters. The van der Waals surface area contributed by atoms with E-state index in [1.54, 1.807) is 19.2 Å². The lowest BCUT2D eigenvalue weighted by Crippen LogP contribution is -2.32. The highest BCUT2D eigenvalue weighted by atomic mass is 16.5. The molecule has 2 heterocycles. The van der Waals surface area contributed by atoms with Crippen LogP contribution in [0.15, 0.2) is 18.3 Å². The molecule has 0 saturated carbocycles. The van der Waals surface area contributed by atoms with E-state index in [1.807, 2.05) is 6.07 Å². The Morgan fingerprint density at radius 2 is 2.38 bits per heavy atom. The number of aromatic nitrogens is 1. The number of fused-ring (bicyclic) bond motifs is 1. The number of nitrogens with zero attached hydrogens (tertiary/aromatic N) is 1. The predicted octanol–water partition coefficient (Wildman–Crippen LogP) is 0.895. The molecule has 0 fully saturated rings. The maximum Gasteiger partial charge on any atom is 0.262 e. The molecule has 68 valence electrons. The van der Waals surface area contributed by atoms with Crippen molar-refractivity contribution in [3.8, 4) is 0 Å². The van der Waals surface area contributed by atoms with Crippen LogP contribution in [0.25, 0.3) is 0 Å². The summed E-state index contributed by atoms with van der Waals surface area (Å²) in [5.41, 5.74) is -0.0913. The highest BCUT2D eigenvalue weighted by Crippen LogP contribution is 2.35. The molecule has 1 aliphatic heterocycles. The van der Waals surface area contributed by atoms with Crippen molar-refractivity contribution in [2.45, 2.75) is 12.5 Å². The minimum atomic E-state index is -0.885. The SMILES string of the molecule is COC1(C)C(=O)Nc2ncccc21. The van der Waals surface area contributed by atoms with Gasteiger partial charge in [0.1, 0.15) is 5.82 Å². The quantitative estimate of drug-likeness (QED) is 0.695. The maximum atomic E-state index is 11.5. The Labute approximate surface area is 75.9 Å². The third kappa shape index (κ3) is 0.954. The molecule has 0 radical (unpaired) electrons. The van der Waals surface area contributed by atoms with Gasteiger partial charge in [0.15, 0.2) is 5.60 Å². The van der Waals surface area contributed by atoms with E-state index in [4.69, 9.17) is 4.74 Å². The van der Waals surface area contributed by atoms with Crippen LogP contribution in [0.1, 0.15) is 12.5 Å². The summed E-state index contributed by atoms with van der Waals surface area (Å²) >= 11 is 0. The average molecular weight is 178 g/mol. The van der Waals surface area contributed by atoms with Crippen LogP contribution >= 0.6 is 0 Å². The number of hydrogen-bond acceptors (Lipinski definition) is 3. The molecular weight excluding hydrogens is 168 g/mol. The summed E-state index contributed by atoms with van der Waals surface area (Å²) in [4.78, 5) is 15.5. The molecule has 1 N–H and O–H groups in total. The van der Waals surface area contributed by atoms with Gasteiger partial charge in [0.2, 0.25) is 0 Å². The molecule has 1 unspecified atom stereocenters. The van der Waals surface area contributed by atoms with Gasteiger partial charge in [-0.05, 0) is 13.0 Å². The fourth-order valence-corrected chi connectivity index (χ4v) is 1.44. The Kier molecular flexibility index (Phi) is 1.60. The second kappa shape index (κ2) is 2.53. The van der Waals surface area contributed by atoms with E-state index in [0.717, 1.165) is 5.56 Å². The highest BCUT2D eigenvalue weighted by Gasteiger charge is 2.43. The molecule has 0 aliphatic carbocycles. The summed E-state index contributed by atoms with van der Waals surface area (Å²) in [7, 11) is 1.52. The van der Waals surface area contributed by atoms with Gasteiger partial charge in [-0.2, -0.15) is 0 Å². The molecule has 4 heteroatoms. The lowest BCUT2D eigenvalue weighted by Gasteiger charge is -2.19. The van der Waals surface area contributed by atoms with Gasteiger partial charge in [-0.25, -0.2) is 4.98 Å². The van der Waals surface area contributed by atoms with Gasteiger partial charge >= 0.3 is 0 Å². The Bertz CT molecular complexity index is 364. The van der Waals surface area contributed by atoms with E-state index in [9.17, 15) is 4.79 Å². The molecule has 2 rings (SSSR count). The lowest BCUT2D eigenvalue weighted by molar-refractivity contribution is -0.135. The first-order valence-corrected chi connectivity index (χ1v) is 4.00. The van der Waals surface area contributed by atoms with E-state index < -0.39 is 5.60 Å². The van der Waals surface area contributed by atoms with Gasteiger partial charge in [-0.15, -0.1) is 0 Å². The summed E-state index contributed by atoms with van der Waals surface area (Å²) in [5, 5.41) is 2.66. The minimum Gasteiger partial charge on any atom is -0.364 e. The molecule has 1 aliphatic rings. The second-order valence-electron chi connectivity index (χ2n) is 3.09. The van der Waals surface area contributed by atoms with E-state index in [0.29, 0.717) is 5.82 Å². The van der Waals surface area contributed by atoms with Gasteiger partial charge in [-0.1, -0.05) is 6.07 Å². The monoisotopic (exact) mass is 178 g/mol. The van der Waals surface area contributed by atoms with Crippen molar-refractivity contribution in [1.29, 1.82) is 0 Å². The Morgan fingerprint density at radius 1 is 1.62 bits per heavy atom. The first kappa shape index (κ1) is 8.19. The Hall–Kier alpha value is -1.42. The van der Waals surface area contributed by atoms with Gasteiger partial charge in [0.05, 0.1) is 0 Å². The number of carbonyl (C=O) groups is 1. The second-order valence-corrected chi connectivity index (χ2v) is 3.09. The van der Waals surface area contributed by atoms with Gasteiger partial charge in [-0.3, -0.25) is 4.79 Å². The van der Waals surface area contributed by atoms with Gasteiger partial charge in [0.25, 0.3) is 5.91 Å². The van der Waals surface area contributed by atoms with Crippen LogP contribution in [0.5, 0.6) is 0 Å². The van der Waals surface area contributed by atoms with Crippen molar-refractivity contribution in [3.05, 3.63) is 23.9 Å².